The van der Waals surface area contributed by atoms with E-state index >= 15 is 0 Å². The van der Waals surface area contributed by atoms with Gasteiger partial charge in [-0.1, -0.05) is 182 Å². The second kappa shape index (κ2) is 16.1. The summed E-state index contributed by atoms with van der Waals surface area (Å²) in [5.41, 5.74) is 11.3. The molecule has 0 radical (unpaired) electrons. The molecule has 0 spiro atoms. The van der Waals surface area contributed by atoms with Crippen molar-refractivity contribution in [1.29, 1.82) is 10.8 Å². The average molecular weight is 671 g/mol. The predicted molar refractivity (Wildman–Crippen MR) is 220 cm³/mol. The van der Waals surface area contributed by atoms with Gasteiger partial charge in [0, 0.05) is 33.6 Å². The molecular formula is C48H38N4. The SMILES string of the molecule is N=C(/C(=C(\Nc1ccccc1)c1ccc(/C(Nc2ccccc2)=C(/C(=N)c2ccccc2)c2ccccc2)cc1)c1ccccc1)c1ccccc1. The Morgan fingerprint density at radius 3 is 0.808 bits per heavy atom. The Morgan fingerprint density at radius 2 is 0.519 bits per heavy atom. The summed E-state index contributed by atoms with van der Waals surface area (Å²) in [7, 11) is 0. The predicted octanol–water partition coefficient (Wildman–Crippen LogP) is 11.8. The molecule has 4 N–H and O–H groups in total. The van der Waals surface area contributed by atoms with E-state index in [1.165, 1.54) is 0 Å². The molecule has 0 bridgehead atoms. The zero-order valence-electron chi connectivity index (χ0n) is 28.6. The second-order valence-electron chi connectivity index (χ2n) is 12.3. The van der Waals surface area contributed by atoms with E-state index in [-0.39, 0.29) is 0 Å². The van der Waals surface area contributed by atoms with Crippen LogP contribution in [0.15, 0.2) is 206 Å². The van der Waals surface area contributed by atoms with Gasteiger partial charge >= 0.3 is 0 Å². The van der Waals surface area contributed by atoms with Crippen molar-refractivity contribution in [2.75, 3.05) is 10.6 Å². The number of allylic oxidation sites excluding steroid dienone is 2. The lowest BCUT2D eigenvalue weighted by Gasteiger charge is -2.22. The minimum Gasteiger partial charge on any atom is -0.354 e. The van der Waals surface area contributed by atoms with Gasteiger partial charge in [-0.25, -0.2) is 0 Å². The number of nitrogens with one attached hydrogen (secondary N) is 4. The highest BCUT2D eigenvalue weighted by molar-refractivity contribution is 6.37. The number of anilines is 2. The fourth-order valence-electron chi connectivity index (χ4n) is 6.23. The molecule has 250 valence electrons. The van der Waals surface area contributed by atoms with Crippen LogP contribution in [-0.2, 0) is 0 Å². The van der Waals surface area contributed by atoms with Crippen molar-refractivity contribution in [3.05, 3.63) is 240 Å². The normalized spacial score (nSPS) is 11.8. The maximum atomic E-state index is 9.55. The zero-order valence-corrected chi connectivity index (χ0v) is 28.6. The van der Waals surface area contributed by atoms with Crippen molar-refractivity contribution >= 4 is 45.3 Å². The third-order valence-corrected chi connectivity index (χ3v) is 8.80. The lowest BCUT2D eigenvalue weighted by molar-refractivity contribution is 1.45. The van der Waals surface area contributed by atoms with Crippen LogP contribution in [0.2, 0.25) is 0 Å². The average Bonchev–Trinajstić information content (AvgIpc) is 3.22. The fraction of sp³-hybridized carbons (Fsp3) is 0. The fourth-order valence-corrected chi connectivity index (χ4v) is 6.23. The molecule has 0 aliphatic carbocycles. The van der Waals surface area contributed by atoms with Crippen molar-refractivity contribution in [3.63, 3.8) is 0 Å². The van der Waals surface area contributed by atoms with Gasteiger partial charge in [-0.15, -0.1) is 0 Å². The molecule has 0 unspecified atom stereocenters. The van der Waals surface area contributed by atoms with Crippen LogP contribution in [0.4, 0.5) is 11.4 Å². The first-order chi connectivity index (χ1) is 25.7. The van der Waals surface area contributed by atoms with Crippen LogP contribution in [0.3, 0.4) is 0 Å². The van der Waals surface area contributed by atoms with Gasteiger partial charge < -0.3 is 10.6 Å². The van der Waals surface area contributed by atoms with Gasteiger partial charge in [0.05, 0.1) is 22.8 Å². The smallest absolute Gasteiger partial charge is 0.0711 e. The molecule has 0 heterocycles. The minimum absolute atomic E-state index is 0.420. The van der Waals surface area contributed by atoms with Crippen LogP contribution in [0.5, 0.6) is 0 Å². The van der Waals surface area contributed by atoms with E-state index in [9.17, 15) is 10.8 Å². The van der Waals surface area contributed by atoms with E-state index in [0.717, 1.165) is 67.3 Å². The number of hydrogen-bond acceptors (Lipinski definition) is 4. The third-order valence-electron chi connectivity index (χ3n) is 8.80. The molecule has 0 amide bonds. The quantitative estimate of drug-likeness (QED) is 0.0772. The number of para-hydroxylation sites is 2. The summed E-state index contributed by atoms with van der Waals surface area (Å²) in [6, 6.07) is 68.6. The van der Waals surface area contributed by atoms with Crippen molar-refractivity contribution in [2.24, 2.45) is 0 Å². The lowest BCUT2D eigenvalue weighted by Crippen LogP contribution is -2.12. The molecule has 0 aliphatic rings. The highest BCUT2D eigenvalue weighted by Crippen LogP contribution is 2.35. The first-order valence-corrected chi connectivity index (χ1v) is 17.3. The Hall–Kier alpha value is -7.04. The van der Waals surface area contributed by atoms with Crippen LogP contribution < -0.4 is 10.6 Å². The first kappa shape index (κ1) is 33.5. The van der Waals surface area contributed by atoms with Gasteiger partial charge in [-0.05, 0) is 46.5 Å². The molecule has 4 heteroatoms. The Labute approximate surface area is 305 Å². The topological polar surface area (TPSA) is 71.8 Å². The monoisotopic (exact) mass is 670 g/mol. The molecule has 7 rings (SSSR count). The number of hydrogen-bond donors (Lipinski definition) is 4. The minimum atomic E-state index is 0.420. The van der Waals surface area contributed by atoms with Crippen molar-refractivity contribution in [2.45, 2.75) is 0 Å². The highest BCUT2D eigenvalue weighted by Gasteiger charge is 2.21. The first-order valence-electron chi connectivity index (χ1n) is 17.3. The van der Waals surface area contributed by atoms with Crippen molar-refractivity contribution in [3.8, 4) is 0 Å². The molecule has 0 saturated carbocycles. The Morgan fingerprint density at radius 1 is 0.269 bits per heavy atom. The van der Waals surface area contributed by atoms with E-state index in [1.54, 1.807) is 0 Å². The Bertz CT molecular complexity index is 2150. The molecule has 0 atom stereocenters. The Balaban J connectivity index is 1.44. The van der Waals surface area contributed by atoms with Crippen LogP contribution in [-0.4, -0.2) is 11.4 Å². The summed E-state index contributed by atoms with van der Waals surface area (Å²) in [6.45, 7) is 0. The van der Waals surface area contributed by atoms with E-state index < -0.39 is 0 Å². The standard InChI is InChI=1S/C48H38N4/c49-45(37-23-11-3-12-24-37)43(35-19-7-1-8-20-35)47(51-41-27-15-5-16-28-41)39-31-33-40(34-32-39)48(52-42-29-17-6-18-30-42)44(36-21-9-2-10-22-36)46(50)38-25-13-4-14-26-38/h1-34,49-52H/b47-43-,48-44-,49-45?,50-46?. The molecule has 7 aromatic rings. The number of rotatable bonds is 12. The van der Waals surface area contributed by atoms with Crippen molar-refractivity contribution < 1.29 is 0 Å². The van der Waals surface area contributed by atoms with Gasteiger partial charge in [0.25, 0.3) is 0 Å². The summed E-state index contributed by atoms with van der Waals surface area (Å²) in [5.74, 6) is 0. The molecule has 52 heavy (non-hydrogen) atoms. The molecule has 7 aromatic carbocycles. The van der Waals surface area contributed by atoms with Gasteiger partial charge in [-0.2, -0.15) is 0 Å². The molecule has 0 fully saturated rings. The van der Waals surface area contributed by atoms with E-state index in [0.29, 0.717) is 11.4 Å². The molecule has 0 aromatic heterocycles. The summed E-state index contributed by atoms with van der Waals surface area (Å²) < 4.78 is 0. The van der Waals surface area contributed by atoms with Gasteiger partial charge in [0.2, 0.25) is 0 Å². The van der Waals surface area contributed by atoms with Crippen molar-refractivity contribution in [1.82, 2.24) is 0 Å². The molecule has 0 aliphatic heterocycles. The largest absolute Gasteiger partial charge is 0.354 e. The third kappa shape index (κ3) is 7.72. The molecule has 0 saturated heterocycles. The highest BCUT2D eigenvalue weighted by atomic mass is 14.9. The van der Waals surface area contributed by atoms with Crippen LogP contribution >= 0.6 is 0 Å². The maximum absolute atomic E-state index is 9.55. The van der Waals surface area contributed by atoms with Crippen LogP contribution in [0.1, 0.15) is 33.4 Å². The van der Waals surface area contributed by atoms with Crippen LogP contribution in [0.25, 0.3) is 22.5 Å². The summed E-state index contributed by atoms with van der Waals surface area (Å²) >= 11 is 0. The van der Waals surface area contributed by atoms with E-state index in [1.807, 2.05) is 158 Å². The molecule has 4 nitrogen and oxygen atoms in total. The maximum Gasteiger partial charge on any atom is 0.0711 e. The lowest BCUT2D eigenvalue weighted by atomic mass is 9.89. The second-order valence-corrected chi connectivity index (χ2v) is 12.3. The summed E-state index contributed by atoms with van der Waals surface area (Å²) in [4.78, 5) is 0. The van der Waals surface area contributed by atoms with Gasteiger partial charge in [-0.3, -0.25) is 10.8 Å². The van der Waals surface area contributed by atoms with Crippen LogP contribution in [0, 0.1) is 10.8 Å². The van der Waals surface area contributed by atoms with E-state index in [4.69, 9.17) is 0 Å². The Kier molecular flexibility index (Phi) is 10.4. The molecular weight excluding hydrogens is 633 g/mol. The van der Waals surface area contributed by atoms with Gasteiger partial charge in [0.1, 0.15) is 0 Å². The zero-order chi connectivity index (χ0) is 35.5. The summed E-state index contributed by atoms with van der Waals surface area (Å²) in [6.07, 6.45) is 0. The number of benzene rings is 7. The van der Waals surface area contributed by atoms with E-state index in [2.05, 4.69) is 59.2 Å². The van der Waals surface area contributed by atoms with Gasteiger partial charge in [0.15, 0.2) is 0 Å². The summed E-state index contributed by atoms with van der Waals surface area (Å²) in [5, 5.41) is 26.5.